The van der Waals surface area contributed by atoms with Crippen LogP contribution >= 0.6 is 15.9 Å². The molecule has 268 valence electrons. The van der Waals surface area contributed by atoms with Crippen LogP contribution in [-0.4, -0.2) is 4.57 Å². The number of rotatable bonds is 6. The minimum absolute atomic E-state index is 0.492. The molecule has 0 unspecified atom stereocenters. The van der Waals surface area contributed by atoms with Crippen molar-refractivity contribution < 1.29 is 0 Å². The highest BCUT2D eigenvalue weighted by molar-refractivity contribution is 9.10. The van der Waals surface area contributed by atoms with E-state index >= 15 is 0 Å². The van der Waals surface area contributed by atoms with E-state index in [1.807, 2.05) is 0 Å². The van der Waals surface area contributed by atoms with Crippen LogP contribution in [0.25, 0.3) is 72.0 Å². The number of hydrogen-bond acceptors (Lipinski definition) is 0. The van der Waals surface area contributed by atoms with Gasteiger partial charge in [0.05, 0.1) is 16.4 Å². The third-order valence-electron chi connectivity index (χ3n) is 11.9. The highest BCUT2D eigenvalue weighted by Crippen LogP contribution is 2.58. The van der Waals surface area contributed by atoms with Gasteiger partial charge in [0.1, 0.15) is 0 Å². The van der Waals surface area contributed by atoms with Gasteiger partial charge < -0.3 is 4.57 Å². The monoisotopic (exact) mass is 789 g/mol. The Balaban J connectivity index is 1.12. The van der Waals surface area contributed by atoms with Gasteiger partial charge in [-0.2, -0.15) is 0 Å². The van der Waals surface area contributed by atoms with Crippen molar-refractivity contribution in [2.45, 2.75) is 5.41 Å². The largest absolute Gasteiger partial charge is 0.309 e. The van der Waals surface area contributed by atoms with Crippen molar-refractivity contribution in [1.82, 2.24) is 4.57 Å². The molecule has 0 amide bonds. The number of fused-ring (bicyclic) bond motifs is 6. The second-order valence-electron chi connectivity index (χ2n) is 15.0. The van der Waals surface area contributed by atoms with Crippen LogP contribution in [0.1, 0.15) is 22.3 Å². The van der Waals surface area contributed by atoms with E-state index in [0.29, 0.717) is 0 Å². The molecule has 10 aromatic rings. The molecule has 1 aromatic heterocycles. The second kappa shape index (κ2) is 13.5. The molecule has 11 rings (SSSR count). The molecular formula is C55H36BrN. The number of aromatic nitrogens is 1. The Kier molecular flexibility index (Phi) is 7.94. The Bertz CT molecular complexity index is 3080. The molecule has 0 fully saturated rings. The van der Waals surface area contributed by atoms with Crippen molar-refractivity contribution in [1.29, 1.82) is 0 Å². The summed E-state index contributed by atoms with van der Waals surface area (Å²) in [6.07, 6.45) is 0. The average Bonchev–Trinajstić information content (AvgIpc) is 3.78. The van der Waals surface area contributed by atoms with Crippen LogP contribution in [0.2, 0.25) is 0 Å². The second-order valence-corrected chi connectivity index (χ2v) is 15.9. The molecule has 0 spiro atoms. The molecule has 0 saturated carbocycles. The lowest BCUT2D eigenvalue weighted by Crippen LogP contribution is -2.29. The minimum Gasteiger partial charge on any atom is -0.309 e. The number of para-hydroxylation sites is 1. The first-order chi connectivity index (χ1) is 28.2. The lowest BCUT2D eigenvalue weighted by atomic mass is 9.66. The maximum absolute atomic E-state index is 3.59. The van der Waals surface area contributed by atoms with E-state index in [1.54, 1.807) is 0 Å². The van der Waals surface area contributed by atoms with Crippen LogP contribution in [0.3, 0.4) is 0 Å². The van der Waals surface area contributed by atoms with Crippen molar-refractivity contribution in [3.8, 4) is 50.2 Å². The maximum atomic E-state index is 3.59. The standard InChI is InChI=1S/C55H36BrN/c56-44-31-28-37(29-32-44)38-14-11-15-39(34-38)40-30-33-49-48-23-8-10-27-52(48)57(53(49)36-40)45-21-12-16-41(35-45)46-24-13-25-50-47-22-7-9-26-51(47)55(54(46)50,42-17-3-1-4-18-42)43-19-5-2-6-20-43/h1-36H. The lowest BCUT2D eigenvalue weighted by Gasteiger charge is -2.35. The van der Waals surface area contributed by atoms with Crippen LogP contribution in [0.15, 0.2) is 223 Å². The van der Waals surface area contributed by atoms with E-state index in [9.17, 15) is 0 Å². The van der Waals surface area contributed by atoms with Crippen molar-refractivity contribution in [3.63, 3.8) is 0 Å². The predicted octanol–water partition coefficient (Wildman–Crippen LogP) is 14.9. The fourth-order valence-electron chi connectivity index (χ4n) is 9.51. The van der Waals surface area contributed by atoms with E-state index in [-0.39, 0.29) is 0 Å². The van der Waals surface area contributed by atoms with E-state index in [1.165, 1.54) is 88.6 Å². The van der Waals surface area contributed by atoms with Crippen molar-refractivity contribution >= 4 is 37.7 Å². The van der Waals surface area contributed by atoms with Crippen LogP contribution in [0, 0.1) is 0 Å². The first-order valence-corrected chi connectivity index (χ1v) is 20.3. The quantitative estimate of drug-likeness (QED) is 0.158. The van der Waals surface area contributed by atoms with Gasteiger partial charge in [0.2, 0.25) is 0 Å². The average molecular weight is 791 g/mol. The van der Waals surface area contributed by atoms with Gasteiger partial charge in [-0.15, -0.1) is 0 Å². The predicted molar refractivity (Wildman–Crippen MR) is 242 cm³/mol. The minimum atomic E-state index is -0.492. The van der Waals surface area contributed by atoms with E-state index in [0.717, 1.165) is 10.2 Å². The molecule has 0 atom stereocenters. The highest BCUT2D eigenvalue weighted by Gasteiger charge is 2.47. The number of benzene rings is 9. The van der Waals surface area contributed by atoms with E-state index in [4.69, 9.17) is 0 Å². The fraction of sp³-hybridized carbons (Fsp3) is 0.0182. The van der Waals surface area contributed by atoms with Crippen LogP contribution in [-0.2, 0) is 5.41 Å². The smallest absolute Gasteiger partial charge is 0.0719 e. The molecule has 0 radical (unpaired) electrons. The van der Waals surface area contributed by atoms with E-state index in [2.05, 4.69) is 239 Å². The molecule has 2 heteroatoms. The molecule has 1 heterocycles. The topological polar surface area (TPSA) is 4.93 Å². The molecule has 1 aliphatic rings. The summed E-state index contributed by atoms with van der Waals surface area (Å²) < 4.78 is 3.54. The van der Waals surface area contributed by atoms with Crippen molar-refractivity contribution in [2.24, 2.45) is 0 Å². The van der Waals surface area contributed by atoms with Gasteiger partial charge in [-0.25, -0.2) is 0 Å². The molecule has 0 bridgehead atoms. The Labute approximate surface area is 341 Å². The molecule has 0 aliphatic heterocycles. The van der Waals surface area contributed by atoms with Gasteiger partial charge in [-0.3, -0.25) is 0 Å². The molecular weight excluding hydrogens is 755 g/mol. The summed E-state index contributed by atoms with van der Waals surface area (Å²) in [5, 5.41) is 2.49. The summed E-state index contributed by atoms with van der Waals surface area (Å²) in [6, 6.07) is 80.4. The number of hydrogen-bond donors (Lipinski definition) is 0. The van der Waals surface area contributed by atoms with Gasteiger partial charge in [0.15, 0.2) is 0 Å². The summed E-state index contributed by atoms with van der Waals surface area (Å²) in [4.78, 5) is 0. The van der Waals surface area contributed by atoms with Gasteiger partial charge in [0.25, 0.3) is 0 Å². The van der Waals surface area contributed by atoms with Crippen molar-refractivity contribution in [3.05, 3.63) is 245 Å². The third-order valence-corrected chi connectivity index (χ3v) is 12.5. The summed E-state index contributed by atoms with van der Waals surface area (Å²) in [6.45, 7) is 0. The Morgan fingerprint density at radius 1 is 0.351 bits per heavy atom. The van der Waals surface area contributed by atoms with Gasteiger partial charge in [0, 0.05) is 20.9 Å². The van der Waals surface area contributed by atoms with Crippen LogP contribution in [0.4, 0.5) is 0 Å². The summed E-state index contributed by atoms with van der Waals surface area (Å²) in [5.74, 6) is 0. The molecule has 0 saturated heterocycles. The third kappa shape index (κ3) is 5.29. The highest BCUT2D eigenvalue weighted by atomic mass is 79.9. The van der Waals surface area contributed by atoms with Crippen LogP contribution < -0.4 is 0 Å². The van der Waals surface area contributed by atoms with Gasteiger partial charge >= 0.3 is 0 Å². The Hall–Kier alpha value is -6.74. The molecule has 57 heavy (non-hydrogen) atoms. The van der Waals surface area contributed by atoms with Crippen molar-refractivity contribution in [2.75, 3.05) is 0 Å². The summed E-state index contributed by atoms with van der Waals surface area (Å²) in [7, 11) is 0. The Morgan fingerprint density at radius 2 is 0.912 bits per heavy atom. The Morgan fingerprint density at radius 3 is 1.70 bits per heavy atom. The normalized spacial score (nSPS) is 12.8. The SMILES string of the molecule is Brc1ccc(-c2cccc(-c3ccc4c5ccccc5n(-c5cccc(-c6cccc7c6C(c6ccccc6)(c6ccccc6)c6ccccc6-7)c5)c4c3)c2)cc1. The zero-order chi connectivity index (χ0) is 37.9. The summed E-state index contributed by atoms with van der Waals surface area (Å²) in [5.41, 5.74) is 18.0. The zero-order valence-electron chi connectivity index (χ0n) is 31.1. The fourth-order valence-corrected chi connectivity index (χ4v) is 9.77. The lowest BCUT2D eigenvalue weighted by molar-refractivity contribution is 0.770. The first-order valence-electron chi connectivity index (χ1n) is 19.5. The number of halogens is 1. The molecule has 1 nitrogen and oxygen atoms in total. The first kappa shape index (κ1) is 33.6. The maximum Gasteiger partial charge on any atom is 0.0719 e. The summed E-state index contributed by atoms with van der Waals surface area (Å²) >= 11 is 3.59. The number of nitrogens with zero attached hydrogens (tertiary/aromatic N) is 1. The van der Waals surface area contributed by atoms with Crippen LogP contribution in [0.5, 0.6) is 0 Å². The van der Waals surface area contributed by atoms with Gasteiger partial charge in [-0.05, 0) is 109 Å². The van der Waals surface area contributed by atoms with E-state index < -0.39 is 5.41 Å². The molecule has 0 N–H and O–H groups in total. The van der Waals surface area contributed by atoms with Gasteiger partial charge in [-0.1, -0.05) is 192 Å². The zero-order valence-corrected chi connectivity index (χ0v) is 32.7. The molecule has 9 aromatic carbocycles. The molecule has 1 aliphatic carbocycles.